The molecule has 0 fully saturated rings. The monoisotopic (exact) mass is 201 g/mol. The fraction of sp³-hybridized carbons (Fsp3) is 0.214. The fourth-order valence-electron chi connectivity index (χ4n) is 0.984. The summed E-state index contributed by atoms with van der Waals surface area (Å²) in [4.78, 5) is 4.33. The van der Waals surface area contributed by atoms with E-state index in [-0.39, 0.29) is 0 Å². The third-order valence-electron chi connectivity index (χ3n) is 1.67. The second kappa shape index (κ2) is 8.95. The van der Waals surface area contributed by atoms with E-state index >= 15 is 0 Å². The van der Waals surface area contributed by atoms with E-state index in [1.54, 1.807) is 6.20 Å². The Kier molecular flexibility index (Phi) is 7.97. The second-order valence-electron chi connectivity index (χ2n) is 2.85. The zero-order valence-electron chi connectivity index (χ0n) is 9.77. The van der Waals surface area contributed by atoms with Crippen LogP contribution in [0, 0.1) is 0 Å². The Bertz CT molecular complexity index is 325. The molecule has 0 aromatic rings. The van der Waals surface area contributed by atoms with Gasteiger partial charge in [0, 0.05) is 6.20 Å². The van der Waals surface area contributed by atoms with Gasteiger partial charge in [-0.1, -0.05) is 43.0 Å². The smallest absolute Gasteiger partial charge is 0.0698 e. The molecule has 0 aliphatic heterocycles. The quantitative estimate of drug-likeness (QED) is 0.466. The SMILES string of the molecule is C=CC(=C\C=C/C)/C(/C=C\C)=N/C=C\C. The van der Waals surface area contributed by atoms with Gasteiger partial charge in [-0.15, -0.1) is 0 Å². The highest BCUT2D eigenvalue weighted by molar-refractivity contribution is 6.10. The summed E-state index contributed by atoms with van der Waals surface area (Å²) in [5.41, 5.74) is 1.94. The summed E-state index contributed by atoms with van der Waals surface area (Å²) in [5.74, 6) is 0. The van der Waals surface area contributed by atoms with Gasteiger partial charge in [-0.25, -0.2) is 0 Å². The average Bonchev–Trinajstić information content (AvgIpc) is 2.26. The van der Waals surface area contributed by atoms with Crippen LogP contribution >= 0.6 is 0 Å². The first-order chi connectivity index (χ1) is 7.29. The Labute approximate surface area is 92.9 Å². The molecule has 80 valence electrons. The molecule has 1 nitrogen and oxygen atoms in total. The topological polar surface area (TPSA) is 12.4 Å². The summed E-state index contributed by atoms with van der Waals surface area (Å²) in [7, 11) is 0. The normalized spacial score (nSPS) is 14.6. The van der Waals surface area contributed by atoms with E-state index in [1.807, 2.05) is 63.3 Å². The van der Waals surface area contributed by atoms with Crippen molar-refractivity contribution < 1.29 is 0 Å². The highest BCUT2D eigenvalue weighted by Gasteiger charge is 1.96. The second-order valence-corrected chi connectivity index (χ2v) is 2.85. The number of hydrogen-bond donors (Lipinski definition) is 0. The predicted molar refractivity (Wildman–Crippen MR) is 70.2 cm³/mol. The van der Waals surface area contributed by atoms with E-state index in [1.165, 1.54) is 0 Å². The van der Waals surface area contributed by atoms with Crippen LogP contribution in [0.1, 0.15) is 20.8 Å². The summed E-state index contributed by atoms with van der Waals surface area (Å²) in [6.45, 7) is 9.68. The van der Waals surface area contributed by atoms with Crippen molar-refractivity contribution in [3.8, 4) is 0 Å². The van der Waals surface area contributed by atoms with Crippen LogP contribution in [0.3, 0.4) is 0 Å². The summed E-state index contributed by atoms with van der Waals surface area (Å²) >= 11 is 0. The molecule has 0 amide bonds. The Morgan fingerprint density at radius 2 is 1.80 bits per heavy atom. The third kappa shape index (κ3) is 5.63. The van der Waals surface area contributed by atoms with Gasteiger partial charge in [-0.2, -0.15) is 0 Å². The van der Waals surface area contributed by atoms with Gasteiger partial charge in [0.1, 0.15) is 0 Å². The molecule has 15 heavy (non-hydrogen) atoms. The van der Waals surface area contributed by atoms with Crippen LogP contribution in [0.25, 0.3) is 0 Å². The van der Waals surface area contributed by atoms with E-state index < -0.39 is 0 Å². The Hall–Kier alpha value is -1.63. The molecular formula is C14H19N. The summed E-state index contributed by atoms with van der Waals surface area (Å²) in [6.07, 6.45) is 15.4. The van der Waals surface area contributed by atoms with E-state index in [0.717, 1.165) is 11.3 Å². The van der Waals surface area contributed by atoms with Crippen LogP contribution in [0.15, 0.2) is 65.9 Å². The zero-order chi connectivity index (χ0) is 11.5. The molecule has 0 unspecified atom stereocenters. The number of rotatable bonds is 5. The molecule has 0 rings (SSSR count). The van der Waals surface area contributed by atoms with Crippen molar-refractivity contribution in [3.63, 3.8) is 0 Å². The van der Waals surface area contributed by atoms with Crippen molar-refractivity contribution in [3.05, 3.63) is 60.9 Å². The summed E-state index contributed by atoms with van der Waals surface area (Å²) in [5, 5.41) is 0. The first kappa shape index (κ1) is 13.4. The molecule has 0 saturated heterocycles. The molecule has 0 aromatic carbocycles. The molecule has 0 atom stereocenters. The maximum atomic E-state index is 4.33. The van der Waals surface area contributed by atoms with Gasteiger partial charge < -0.3 is 0 Å². The number of aliphatic imine (C=N–C) groups is 1. The zero-order valence-corrected chi connectivity index (χ0v) is 9.77. The van der Waals surface area contributed by atoms with Crippen LogP contribution in [-0.2, 0) is 0 Å². The largest absolute Gasteiger partial charge is 0.257 e. The van der Waals surface area contributed by atoms with Gasteiger partial charge >= 0.3 is 0 Å². The molecule has 0 spiro atoms. The van der Waals surface area contributed by atoms with Gasteiger partial charge in [-0.3, -0.25) is 4.99 Å². The minimum Gasteiger partial charge on any atom is -0.257 e. The number of allylic oxidation sites excluding steroid dienone is 8. The molecule has 0 aliphatic rings. The molecule has 0 aromatic heterocycles. The van der Waals surface area contributed by atoms with Crippen LogP contribution < -0.4 is 0 Å². The van der Waals surface area contributed by atoms with Gasteiger partial charge in [0.2, 0.25) is 0 Å². The fourth-order valence-corrected chi connectivity index (χ4v) is 0.984. The first-order valence-corrected chi connectivity index (χ1v) is 5.07. The summed E-state index contributed by atoms with van der Waals surface area (Å²) in [6, 6.07) is 0. The van der Waals surface area contributed by atoms with Crippen molar-refractivity contribution in [1.82, 2.24) is 0 Å². The lowest BCUT2D eigenvalue weighted by atomic mass is 10.1. The number of nitrogens with zero attached hydrogens (tertiary/aromatic N) is 1. The van der Waals surface area contributed by atoms with Crippen LogP contribution in [0.5, 0.6) is 0 Å². The maximum Gasteiger partial charge on any atom is 0.0698 e. The molecule has 0 radical (unpaired) electrons. The Morgan fingerprint density at radius 1 is 1.07 bits per heavy atom. The van der Waals surface area contributed by atoms with Gasteiger partial charge in [0.25, 0.3) is 0 Å². The van der Waals surface area contributed by atoms with Crippen molar-refractivity contribution >= 4 is 5.71 Å². The standard InChI is InChI=1S/C14H19N/c1-5-9-11-13(8-4)14(10-6-2)15-12-7-3/h5-12H,4H2,1-3H3/b9-5-,10-6-,12-7-,13-11+,15-14+. The molecule has 1 heteroatoms. The molecule has 0 saturated carbocycles. The van der Waals surface area contributed by atoms with E-state index in [4.69, 9.17) is 0 Å². The minimum absolute atomic E-state index is 0.920. The lowest BCUT2D eigenvalue weighted by Gasteiger charge is -1.99. The van der Waals surface area contributed by atoms with Crippen LogP contribution in [-0.4, -0.2) is 5.71 Å². The predicted octanol–water partition coefficient (Wildman–Crippen LogP) is 4.23. The van der Waals surface area contributed by atoms with E-state index in [9.17, 15) is 0 Å². The van der Waals surface area contributed by atoms with Gasteiger partial charge in [0.15, 0.2) is 0 Å². The Morgan fingerprint density at radius 3 is 2.27 bits per heavy atom. The van der Waals surface area contributed by atoms with Gasteiger partial charge in [0.05, 0.1) is 5.71 Å². The highest BCUT2D eigenvalue weighted by Crippen LogP contribution is 2.03. The molecule has 0 heterocycles. The lowest BCUT2D eigenvalue weighted by molar-refractivity contribution is 1.51. The highest BCUT2D eigenvalue weighted by atomic mass is 14.7. The van der Waals surface area contributed by atoms with Crippen molar-refractivity contribution in [2.45, 2.75) is 20.8 Å². The molecule has 0 N–H and O–H groups in total. The van der Waals surface area contributed by atoms with Gasteiger partial charge in [-0.05, 0) is 32.4 Å². The van der Waals surface area contributed by atoms with Crippen molar-refractivity contribution in [1.29, 1.82) is 0 Å². The summed E-state index contributed by atoms with van der Waals surface area (Å²) < 4.78 is 0. The molecular weight excluding hydrogens is 182 g/mol. The average molecular weight is 201 g/mol. The van der Waals surface area contributed by atoms with Crippen molar-refractivity contribution in [2.75, 3.05) is 0 Å². The molecule has 0 aliphatic carbocycles. The van der Waals surface area contributed by atoms with Crippen LogP contribution in [0.4, 0.5) is 0 Å². The minimum atomic E-state index is 0.920. The number of hydrogen-bond acceptors (Lipinski definition) is 1. The van der Waals surface area contributed by atoms with E-state index in [2.05, 4.69) is 11.6 Å². The molecule has 0 bridgehead atoms. The third-order valence-corrected chi connectivity index (χ3v) is 1.67. The maximum absolute atomic E-state index is 4.33. The van der Waals surface area contributed by atoms with Crippen LogP contribution in [0.2, 0.25) is 0 Å². The Balaban J connectivity index is 5.11. The van der Waals surface area contributed by atoms with Crippen molar-refractivity contribution in [2.24, 2.45) is 4.99 Å². The first-order valence-electron chi connectivity index (χ1n) is 5.07. The lowest BCUT2D eigenvalue weighted by Crippen LogP contribution is -1.95. The van der Waals surface area contributed by atoms with E-state index in [0.29, 0.717) is 0 Å².